The second-order valence-electron chi connectivity index (χ2n) is 6.13. The fraction of sp³-hybridized carbons (Fsp3) is 0.455. The van der Waals surface area contributed by atoms with E-state index in [2.05, 4.69) is 13.8 Å². The van der Waals surface area contributed by atoms with Crippen LogP contribution in [-0.4, -0.2) is 45.5 Å². The summed E-state index contributed by atoms with van der Waals surface area (Å²) in [6.07, 6.45) is 9.00. The van der Waals surface area contributed by atoms with Crippen LogP contribution in [0.4, 0.5) is 0 Å². The molecule has 0 unspecified atom stereocenters. The molecule has 0 atom stereocenters. The Morgan fingerprint density at radius 1 is 0.600 bits per heavy atom. The number of hydrogen-bond donors (Lipinski definition) is 0. The van der Waals surface area contributed by atoms with Gasteiger partial charge in [-0.1, -0.05) is 99.2 Å². The van der Waals surface area contributed by atoms with Crippen molar-refractivity contribution in [3.63, 3.8) is 0 Å². The van der Waals surface area contributed by atoms with Crippen molar-refractivity contribution >= 4 is 45.5 Å². The van der Waals surface area contributed by atoms with Crippen molar-refractivity contribution in [3.05, 3.63) is 59.7 Å². The minimum absolute atomic E-state index is 0. The van der Waals surface area contributed by atoms with Gasteiger partial charge in [0, 0.05) is 0 Å². The van der Waals surface area contributed by atoms with Crippen LogP contribution in [0, 0.1) is 0 Å². The molecule has 0 aliphatic carbocycles. The molecule has 3 heteroatoms. The summed E-state index contributed by atoms with van der Waals surface area (Å²) < 4.78 is 0. The molecule has 0 saturated carbocycles. The average molecular weight is 414 g/mol. The van der Waals surface area contributed by atoms with Crippen LogP contribution in [-0.2, 0) is 12.8 Å². The van der Waals surface area contributed by atoms with Gasteiger partial charge >= 0.3 is 45.5 Å². The molecule has 25 heavy (non-hydrogen) atoms. The largest absolute Gasteiger partial charge is 2.00 e. The maximum atomic E-state index is 11.2. The van der Waals surface area contributed by atoms with E-state index < -0.39 is 0 Å². The van der Waals surface area contributed by atoms with Crippen LogP contribution in [0.15, 0.2) is 48.5 Å². The third-order valence-electron chi connectivity index (χ3n) is 4.04. The fourth-order valence-corrected chi connectivity index (χ4v) is 2.55. The first kappa shape index (κ1) is 24.5. The van der Waals surface area contributed by atoms with Crippen LogP contribution >= 0.6 is 0 Å². The average Bonchev–Trinajstić information content (AvgIpc) is 2.59. The van der Waals surface area contributed by atoms with Crippen LogP contribution < -0.4 is 10.2 Å². The zero-order valence-electron chi connectivity index (χ0n) is 15.8. The predicted octanol–water partition coefficient (Wildman–Crippen LogP) is 4.61. The molecule has 2 aromatic rings. The molecule has 0 aliphatic heterocycles. The number of benzene rings is 2. The molecule has 0 amide bonds. The Labute approximate surface area is 190 Å². The van der Waals surface area contributed by atoms with Crippen molar-refractivity contribution in [2.75, 3.05) is 0 Å². The molecule has 2 rings (SSSR count). The standard InChI is InChI=1S/2C11H16O.Sr/c2*1-2-3-4-7-10-8-5-6-9-11(10)12;/h2*5-6,8-9,12H,2-4,7H2,1H3;/q;;+2/p-2. The molecule has 2 aromatic carbocycles. The summed E-state index contributed by atoms with van der Waals surface area (Å²) in [5.41, 5.74) is 1.93. The fourth-order valence-electron chi connectivity index (χ4n) is 2.55. The van der Waals surface area contributed by atoms with Gasteiger partial charge < -0.3 is 10.2 Å². The second kappa shape index (κ2) is 15.8. The molecule has 0 radical (unpaired) electrons. The number of aryl methyl sites for hydroxylation is 2. The van der Waals surface area contributed by atoms with Gasteiger partial charge in [-0.15, -0.1) is 11.5 Å². The van der Waals surface area contributed by atoms with E-state index in [0.29, 0.717) is 0 Å². The maximum absolute atomic E-state index is 11.2. The summed E-state index contributed by atoms with van der Waals surface area (Å²) in [7, 11) is 0. The zero-order chi connectivity index (χ0) is 17.6. The molecule has 0 N–H and O–H groups in total. The number of unbranched alkanes of at least 4 members (excludes halogenated alkanes) is 4. The molecule has 0 spiro atoms. The Morgan fingerprint density at radius 2 is 0.960 bits per heavy atom. The molecule has 0 aliphatic rings. The maximum Gasteiger partial charge on any atom is 2.00 e. The van der Waals surface area contributed by atoms with Crippen molar-refractivity contribution in [2.24, 2.45) is 0 Å². The van der Waals surface area contributed by atoms with Crippen molar-refractivity contribution in [3.8, 4) is 11.5 Å². The van der Waals surface area contributed by atoms with Gasteiger partial charge in [-0.05, 0) is 25.7 Å². The smallest absolute Gasteiger partial charge is 0.872 e. The number of para-hydroxylation sites is 2. The van der Waals surface area contributed by atoms with Gasteiger partial charge in [-0.25, -0.2) is 0 Å². The van der Waals surface area contributed by atoms with Gasteiger partial charge in [0.15, 0.2) is 0 Å². The first-order chi connectivity index (χ1) is 11.7. The van der Waals surface area contributed by atoms with Crippen LogP contribution in [0.5, 0.6) is 11.5 Å². The van der Waals surface area contributed by atoms with E-state index in [-0.39, 0.29) is 57.0 Å². The van der Waals surface area contributed by atoms with E-state index in [0.717, 1.165) is 36.8 Å². The Balaban J connectivity index is 0.000000443. The molecule has 0 fully saturated rings. The zero-order valence-corrected chi connectivity index (χ0v) is 19.3. The summed E-state index contributed by atoms with van der Waals surface area (Å²) >= 11 is 0. The van der Waals surface area contributed by atoms with Crippen molar-refractivity contribution in [1.29, 1.82) is 0 Å². The Hall–Kier alpha value is -0.479. The third kappa shape index (κ3) is 11.0. The van der Waals surface area contributed by atoms with Crippen LogP contribution in [0.2, 0.25) is 0 Å². The third-order valence-corrected chi connectivity index (χ3v) is 4.04. The second-order valence-corrected chi connectivity index (χ2v) is 6.13. The minimum atomic E-state index is 0. The summed E-state index contributed by atoms with van der Waals surface area (Å²) in [4.78, 5) is 0. The van der Waals surface area contributed by atoms with E-state index in [4.69, 9.17) is 0 Å². The van der Waals surface area contributed by atoms with Gasteiger partial charge in [0.2, 0.25) is 0 Å². The monoisotopic (exact) mass is 414 g/mol. The number of hydrogen-bond acceptors (Lipinski definition) is 2. The molecule has 0 heterocycles. The quantitative estimate of drug-likeness (QED) is 0.468. The van der Waals surface area contributed by atoms with Crippen LogP contribution in [0.3, 0.4) is 0 Å². The Morgan fingerprint density at radius 3 is 1.28 bits per heavy atom. The molecule has 132 valence electrons. The first-order valence-corrected chi connectivity index (χ1v) is 9.18. The SMILES string of the molecule is CCCCCc1ccccc1[O-].CCCCCc1ccccc1[O-].[Sr+2]. The van der Waals surface area contributed by atoms with Gasteiger partial charge in [0.05, 0.1) is 0 Å². The first-order valence-electron chi connectivity index (χ1n) is 9.18. The van der Waals surface area contributed by atoms with Gasteiger partial charge in [-0.3, -0.25) is 0 Å². The van der Waals surface area contributed by atoms with E-state index in [1.54, 1.807) is 24.3 Å². The van der Waals surface area contributed by atoms with Crippen molar-refractivity contribution in [2.45, 2.75) is 65.2 Å². The predicted molar refractivity (Wildman–Crippen MR) is 104 cm³/mol. The molecular formula is C22H30O2Sr. The minimum Gasteiger partial charge on any atom is -0.872 e. The van der Waals surface area contributed by atoms with Crippen molar-refractivity contribution < 1.29 is 10.2 Å². The molecule has 0 aromatic heterocycles. The van der Waals surface area contributed by atoms with Gasteiger partial charge in [0.1, 0.15) is 0 Å². The Kier molecular flexibility index (Phi) is 15.4. The van der Waals surface area contributed by atoms with Crippen LogP contribution in [0.25, 0.3) is 0 Å². The molecular weight excluding hydrogens is 384 g/mol. The van der Waals surface area contributed by atoms with Gasteiger partial charge in [-0.2, -0.15) is 0 Å². The number of rotatable bonds is 8. The molecule has 0 saturated heterocycles. The molecule has 0 bridgehead atoms. The summed E-state index contributed by atoms with van der Waals surface area (Å²) in [6.45, 7) is 4.34. The van der Waals surface area contributed by atoms with E-state index >= 15 is 0 Å². The van der Waals surface area contributed by atoms with Gasteiger partial charge in [0.25, 0.3) is 0 Å². The van der Waals surface area contributed by atoms with E-state index in [1.807, 2.05) is 24.3 Å². The summed E-state index contributed by atoms with van der Waals surface area (Å²) in [5, 5.41) is 22.4. The topological polar surface area (TPSA) is 46.1 Å². The van der Waals surface area contributed by atoms with E-state index in [9.17, 15) is 10.2 Å². The van der Waals surface area contributed by atoms with Crippen molar-refractivity contribution in [1.82, 2.24) is 0 Å². The normalized spacial score (nSPS) is 9.68. The van der Waals surface area contributed by atoms with Crippen LogP contribution in [0.1, 0.15) is 63.5 Å². The van der Waals surface area contributed by atoms with E-state index in [1.165, 1.54) is 25.7 Å². The summed E-state index contributed by atoms with van der Waals surface area (Å²) in [5.74, 6) is 0.377. The summed E-state index contributed by atoms with van der Waals surface area (Å²) in [6, 6.07) is 14.6. The Bertz CT molecular complexity index is 518. The molecule has 2 nitrogen and oxygen atoms in total.